The molecule has 0 aromatic rings. The Bertz CT molecular complexity index is 491. The fourth-order valence-corrected chi connectivity index (χ4v) is 3.40. The smallest absolute Gasteiger partial charge is 0.309 e. The molecule has 6 atom stereocenters. The van der Waals surface area contributed by atoms with E-state index in [0.717, 1.165) is 19.3 Å². The summed E-state index contributed by atoms with van der Waals surface area (Å²) in [6, 6.07) is 0. The van der Waals surface area contributed by atoms with Gasteiger partial charge in [-0.2, -0.15) is 0 Å². The number of esters is 1. The normalized spacial score (nSPS) is 27.5. The molecular formula is C21H36O7. The van der Waals surface area contributed by atoms with Crippen molar-refractivity contribution in [2.24, 2.45) is 11.8 Å². The molecule has 1 saturated carbocycles. The van der Waals surface area contributed by atoms with Crippen LogP contribution in [0.3, 0.4) is 0 Å². The lowest BCUT2D eigenvalue weighted by Gasteiger charge is -2.19. The quantitative estimate of drug-likeness (QED) is 0.178. The largest absolute Gasteiger partial charge is 0.463 e. The van der Waals surface area contributed by atoms with Crippen molar-refractivity contribution >= 4 is 5.97 Å². The molecule has 162 valence electrons. The maximum Gasteiger partial charge on any atom is 0.309 e. The molecule has 0 heterocycles. The lowest BCUT2D eigenvalue weighted by Crippen LogP contribution is -2.21. The van der Waals surface area contributed by atoms with Crippen molar-refractivity contribution in [3.63, 3.8) is 0 Å². The highest BCUT2D eigenvalue weighted by Crippen LogP contribution is 2.36. The molecule has 0 radical (unpaired) electrons. The van der Waals surface area contributed by atoms with Crippen molar-refractivity contribution in [2.75, 3.05) is 13.2 Å². The second kappa shape index (κ2) is 13.8. The first-order valence-electron chi connectivity index (χ1n) is 10.2. The summed E-state index contributed by atoms with van der Waals surface area (Å²) in [6.07, 6.45) is 8.62. The third-order valence-corrected chi connectivity index (χ3v) is 5.08. The van der Waals surface area contributed by atoms with E-state index in [4.69, 9.17) is 14.9 Å². The van der Waals surface area contributed by atoms with Crippen LogP contribution >= 0.6 is 0 Å². The van der Waals surface area contributed by atoms with Crippen LogP contribution in [-0.2, 0) is 9.53 Å². The highest BCUT2D eigenvalue weighted by molar-refractivity contribution is 5.71. The van der Waals surface area contributed by atoms with E-state index < -0.39 is 37.0 Å². The molecule has 0 spiro atoms. The van der Waals surface area contributed by atoms with Crippen molar-refractivity contribution in [1.29, 1.82) is 0 Å². The zero-order valence-corrected chi connectivity index (χ0v) is 16.7. The summed E-state index contributed by atoms with van der Waals surface area (Å²) in [5.41, 5.74) is 0. The van der Waals surface area contributed by atoms with E-state index in [0.29, 0.717) is 19.3 Å². The molecule has 7 nitrogen and oxygen atoms in total. The number of aliphatic hydroxyl groups excluding tert-OH is 5. The van der Waals surface area contributed by atoms with Gasteiger partial charge in [0.15, 0.2) is 0 Å². The average molecular weight is 401 g/mol. The number of allylic oxidation sites excluding steroid dienone is 1. The molecule has 1 aliphatic carbocycles. The van der Waals surface area contributed by atoms with E-state index in [1.807, 2.05) is 0 Å². The number of carbonyl (C=O) groups excluding carboxylic acids is 1. The Labute approximate surface area is 167 Å². The summed E-state index contributed by atoms with van der Waals surface area (Å²) in [4.78, 5) is 11.5. The second-order valence-corrected chi connectivity index (χ2v) is 7.49. The van der Waals surface area contributed by atoms with Gasteiger partial charge in [-0.3, -0.25) is 4.79 Å². The van der Waals surface area contributed by atoms with Crippen LogP contribution in [0.2, 0.25) is 0 Å². The fourth-order valence-electron chi connectivity index (χ4n) is 3.40. The van der Waals surface area contributed by atoms with Crippen molar-refractivity contribution in [3.8, 4) is 0 Å². The van der Waals surface area contributed by atoms with Crippen LogP contribution in [-0.4, -0.2) is 69.1 Å². The number of hydrogen-bond acceptors (Lipinski definition) is 7. The summed E-state index contributed by atoms with van der Waals surface area (Å²) in [5.74, 6) is -0.938. The Kier molecular flexibility index (Phi) is 12.3. The summed E-state index contributed by atoms with van der Waals surface area (Å²) in [7, 11) is 0. The number of hydrogen-bond donors (Lipinski definition) is 5. The van der Waals surface area contributed by atoms with E-state index in [2.05, 4.69) is 6.92 Å². The predicted octanol–water partition coefficient (Wildman–Crippen LogP) is 1.07. The number of carbonyl (C=O) groups is 1. The maximum absolute atomic E-state index is 11.5. The van der Waals surface area contributed by atoms with Gasteiger partial charge in [-0.25, -0.2) is 0 Å². The lowest BCUT2D eigenvalue weighted by atomic mass is 9.89. The maximum atomic E-state index is 11.5. The Morgan fingerprint density at radius 2 is 1.93 bits per heavy atom. The predicted molar refractivity (Wildman–Crippen MR) is 105 cm³/mol. The molecule has 1 fully saturated rings. The number of ether oxygens (including phenoxy) is 1. The van der Waals surface area contributed by atoms with Crippen LogP contribution in [0.5, 0.6) is 0 Å². The topological polar surface area (TPSA) is 127 Å². The molecule has 0 aromatic heterocycles. The zero-order valence-electron chi connectivity index (χ0n) is 16.7. The van der Waals surface area contributed by atoms with Gasteiger partial charge in [0, 0.05) is 12.3 Å². The minimum Gasteiger partial charge on any atom is -0.463 e. The molecule has 0 amide bonds. The van der Waals surface area contributed by atoms with Crippen molar-refractivity contribution < 1.29 is 35.1 Å². The highest BCUT2D eigenvalue weighted by atomic mass is 16.5. The summed E-state index contributed by atoms with van der Waals surface area (Å²) >= 11 is 0. The van der Waals surface area contributed by atoms with Gasteiger partial charge in [-0.05, 0) is 18.8 Å². The first kappa shape index (κ1) is 24.8. The Hall–Kier alpha value is -1.25. The van der Waals surface area contributed by atoms with Gasteiger partial charge in [-0.1, -0.05) is 50.5 Å². The molecule has 0 bridgehead atoms. The Morgan fingerprint density at radius 3 is 2.61 bits per heavy atom. The SMILES string of the molecule is CCCCC[C@@H](O)/C=C/[C@@H]1[C@H](C/C=C\CC(=O)OC[C@@H](O)CO)[C@@H](O)C[C@H]1O. The Balaban J connectivity index is 2.47. The highest BCUT2D eigenvalue weighted by Gasteiger charge is 2.39. The molecule has 1 rings (SSSR count). The molecular weight excluding hydrogens is 364 g/mol. The van der Waals surface area contributed by atoms with Crippen LogP contribution in [0, 0.1) is 11.8 Å². The molecule has 1 aliphatic rings. The summed E-state index contributed by atoms with van der Waals surface area (Å²) in [5, 5.41) is 48.3. The monoisotopic (exact) mass is 400 g/mol. The van der Waals surface area contributed by atoms with Crippen molar-refractivity contribution in [2.45, 2.75) is 76.3 Å². The van der Waals surface area contributed by atoms with E-state index >= 15 is 0 Å². The van der Waals surface area contributed by atoms with Gasteiger partial charge >= 0.3 is 5.97 Å². The standard InChI is InChI=1S/C21H36O7/c1-2-3-4-7-15(23)10-11-18-17(19(25)12-20(18)26)8-5-6-9-21(27)28-14-16(24)13-22/h5-6,10-11,15-20,22-26H,2-4,7-9,12-14H2,1H3/b6-5-,11-10+/t15-,16+,17+,18-,19+,20-/m1/s1. The molecule has 28 heavy (non-hydrogen) atoms. The summed E-state index contributed by atoms with van der Waals surface area (Å²) in [6.45, 7) is 1.39. The third-order valence-electron chi connectivity index (χ3n) is 5.08. The minimum atomic E-state index is -1.08. The van der Waals surface area contributed by atoms with E-state index in [9.17, 15) is 20.1 Å². The minimum absolute atomic E-state index is 0.0279. The van der Waals surface area contributed by atoms with Crippen LogP contribution in [0.1, 0.15) is 51.9 Å². The van der Waals surface area contributed by atoms with Gasteiger partial charge < -0.3 is 30.3 Å². The summed E-state index contributed by atoms with van der Waals surface area (Å²) < 4.78 is 4.80. The molecule has 0 aromatic carbocycles. The van der Waals surface area contributed by atoms with Crippen LogP contribution in [0.25, 0.3) is 0 Å². The Morgan fingerprint density at radius 1 is 1.18 bits per heavy atom. The molecule has 7 heteroatoms. The third kappa shape index (κ3) is 9.30. The number of aliphatic hydroxyl groups is 5. The van der Waals surface area contributed by atoms with Gasteiger partial charge in [0.1, 0.15) is 12.7 Å². The van der Waals surface area contributed by atoms with Gasteiger partial charge in [0.05, 0.1) is 31.3 Å². The zero-order chi connectivity index (χ0) is 20.9. The van der Waals surface area contributed by atoms with Gasteiger partial charge in [0.25, 0.3) is 0 Å². The van der Waals surface area contributed by atoms with E-state index in [1.54, 1.807) is 24.3 Å². The number of unbranched alkanes of at least 4 members (excludes halogenated alkanes) is 2. The molecule has 0 saturated heterocycles. The average Bonchev–Trinajstić information content (AvgIpc) is 2.94. The van der Waals surface area contributed by atoms with E-state index in [-0.39, 0.29) is 24.9 Å². The van der Waals surface area contributed by atoms with Gasteiger partial charge in [0.2, 0.25) is 0 Å². The molecule has 0 unspecified atom stereocenters. The van der Waals surface area contributed by atoms with Crippen LogP contribution < -0.4 is 0 Å². The second-order valence-electron chi connectivity index (χ2n) is 7.49. The lowest BCUT2D eigenvalue weighted by molar-refractivity contribution is -0.146. The van der Waals surface area contributed by atoms with Crippen LogP contribution in [0.15, 0.2) is 24.3 Å². The van der Waals surface area contributed by atoms with Crippen LogP contribution in [0.4, 0.5) is 0 Å². The van der Waals surface area contributed by atoms with E-state index in [1.165, 1.54) is 0 Å². The van der Waals surface area contributed by atoms with Crippen molar-refractivity contribution in [1.82, 2.24) is 0 Å². The molecule has 0 aliphatic heterocycles. The van der Waals surface area contributed by atoms with Gasteiger partial charge in [-0.15, -0.1) is 0 Å². The first-order valence-corrected chi connectivity index (χ1v) is 10.2. The number of rotatable bonds is 13. The first-order chi connectivity index (χ1) is 13.4. The fraction of sp³-hybridized carbons (Fsp3) is 0.762. The van der Waals surface area contributed by atoms with Crippen molar-refractivity contribution in [3.05, 3.63) is 24.3 Å². The molecule has 5 N–H and O–H groups in total.